The highest BCUT2D eigenvalue weighted by atomic mass is 16.3. The van der Waals surface area contributed by atoms with Crippen molar-refractivity contribution >= 4 is 0 Å². The van der Waals surface area contributed by atoms with Crippen molar-refractivity contribution in [2.24, 2.45) is 11.8 Å². The molecule has 0 aliphatic heterocycles. The number of allylic oxidation sites excluding steroid dienone is 1. The molecule has 4 atom stereocenters. The predicted molar refractivity (Wildman–Crippen MR) is 89.2 cm³/mol. The monoisotopic (exact) mass is 300 g/mol. The van der Waals surface area contributed by atoms with E-state index < -0.39 is 17.8 Å². The number of aliphatic hydroxyl groups excluding tert-OH is 2. The van der Waals surface area contributed by atoms with Crippen LogP contribution in [0.4, 0.5) is 0 Å². The van der Waals surface area contributed by atoms with Gasteiger partial charge in [-0.1, -0.05) is 46.1 Å². The van der Waals surface area contributed by atoms with Crippen molar-refractivity contribution < 1.29 is 15.3 Å². The maximum Gasteiger partial charge on any atom is 0.0885 e. The minimum atomic E-state index is -1.18. The summed E-state index contributed by atoms with van der Waals surface area (Å²) < 4.78 is 0. The fourth-order valence-electron chi connectivity index (χ4n) is 3.11. The van der Waals surface area contributed by atoms with Crippen LogP contribution in [0.1, 0.15) is 74.1 Å². The molecular formula is C18H36O3. The first-order valence-electron chi connectivity index (χ1n) is 8.39. The Bertz CT molecular complexity index is 328. The van der Waals surface area contributed by atoms with Crippen LogP contribution < -0.4 is 0 Å². The second kappa shape index (κ2) is 8.92. The Morgan fingerprint density at radius 2 is 1.62 bits per heavy atom. The minimum Gasteiger partial charge on any atom is -0.390 e. The average molecular weight is 300 g/mol. The van der Waals surface area contributed by atoms with Gasteiger partial charge in [0.05, 0.1) is 17.8 Å². The van der Waals surface area contributed by atoms with Gasteiger partial charge in [-0.05, 0) is 45.1 Å². The molecule has 0 rings (SSSR count). The van der Waals surface area contributed by atoms with Crippen LogP contribution in [-0.4, -0.2) is 33.1 Å². The van der Waals surface area contributed by atoms with Crippen molar-refractivity contribution in [3.05, 3.63) is 11.1 Å². The number of hydrogen-bond donors (Lipinski definition) is 3. The van der Waals surface area contributed by atoms with Gasteiger partial charge in [-0.25, -0.2) is 0 Å². The molecule has 0 heterocycles. The third-order valence-electron chi connectivity index (χ3n) is 4.66. The Kier molecular flexibility index (Phi) is 8.76. The van der Waals surface area contributed by atoms with Gasteiger partial charge in [0.25, 0.3) is 0 Å². The van der Waals surface area contributed by atoms with E-state index in [1.807, 2.05) is 13.8 Å². The minimum absolute atomic E-state index is 0.211. The SMILES string of the molecule is CCC[C@H](CC)C(O)/C(=C(\C)CC)[C@@H](C)C(O)C(C)(C)O. The van der Waals surface area contributed by atoms with Crippen LogP contribution in [0.2, 0.25) is 0 Å². The van der Waals surface area contributed by atoms with Gasteiger partial charge in [-0.3, -0.25) is 0 Å². The van der Waals surface area contributed by atoms with E-state index in [9.17, 15) is 15.3 Å². The van der Waals surface area contributed by atoms with Crippen LogP contribution in [0.5, 0.6) is 0 Å². The lowest BCUT2D eigenvalue weighted by Crippen LogP contribution is -2.43. The van der Waals surface area contributed by atoms with Crippen molar-refractivity contribution in [1.29, 1.82) is 0 Å². The summed E-state index contributed by atoms with van der Waals surface area (Å²) in [6.45, 7) is 13.4. The van der Waals surface area contributed by atoms with E-state index in [1.165, 1.54) is 0 Å². The van der Waals surface area contributed by atoms with Gasteiger partial charge >= 0.3 is 0 Å². The molecular weight excluding hydrogens is 264 g/mol. The molecule has 0 saturated carbocycles. The van der Waals surface area contributed by atoms with Crippen molar-refractivity contribution in [2.45, 2.75) is 92.0 Å². The Balaban J connectivity index is 5.51. The maximum atomic E-state index is 10.8. The molecule has 0 aromatic heterocycles. The molecule has 0 aromatic rings. The van der Waals surface area contributed by atoms with Crippen LogP contribution in [0.3, 0.4) is 0 Å². The van der Waals surface area contributed by atoms with Gasteiger partial charge in [0.15, 0.2) is 0 Å². The molecule has 0 aliphatic rings. The smallest absolute Gasteiger partial charge is 0.0885 e. The summed E-state index contributed by atoms with van der Waals surface area (Å²) >= 11 is 0. The van der Waals surface area contributed by atoms with Crippen LogP contribution in [0, 0.1) is 11.8 Å². The average Bonchev–Trinajstić information content (AvgIpc) is 2.42. The standard InChI is InChI=1S/C18H36O3/c1-8-11-14(10-3)16(19)15(12(4)9-2)13(5)17(20)18(6,7)21/h13-14,16-17,19-21H,8-11H2,1-7H3/b15-12+/t13-,14+,16?,17?/m1/s1. The predicted octanol–water partition coefficient (Wildman–Crippen LogP) is 3.67. The van der Waals surface area contributed by atoms with Gasteiger partial charge in [0.2, 0.25) is 0 Å². The van der Waals surface area contributed by atoms with Gasteiger partial charge in [0, 0.05) is 5.92 Å². The molecule has 21 heavy (non-hydrogen) atoms. The highest BCUT2D eigenvalue weighted by molar-refractivity contribution is 5.22. The van der Waals surface area contributed by atoms with Crippen LogP contribution in [-0.2, 0) is 0 Å². The third kappa shape index (κ3) is 5.72. The molecule has 0 aromatic carbocycles. The van der Waals surface area contributed by atoms with E-state index in [4.69, 9.17) is 0 Å². The van der Waals surface area contributed by atoms with Crippen molar-refractivity contribution in [1.82, 2.24) is 0 Å². The number of rotatable bonds is 9. The molecule has 3 N–H and O–H groups in total. The lowest BCUT2D eigenvalue weighted by Gasteiger charge is -2.36. The largest absolute Gasteiger partial charge is 0.390 e. The number of hydrogen-bond acceptors (Lipinski definition) is 3. The van der Waals surface area contributed by atoms with Gasteiger partial charge in [-0.15, -0.1) is 0 Å². The second-order valence-corrected chi connectivity index (χ2v) is 6.88. The van der Waals surface area contributed by atoms with E-state index in [1.54, 1.807) is 13.8 Å². The molecule has 3 heteroatoms. The summed E-state index contributed by atoms with van der Waals surface area (Å²) in [5.41, 5.74) is 0.852. The van der Waals surface area contributed by atoms with E-state index in [2.05, 4.69) is 20.8 Å². The summed E-state index contributed by atoms with van der Waals surface area (Å²) in [4.78, 5) is 0. The fraction of sp³-hybridized carbons (Fsp3) is 0.889. The summed E-state index contributed by atoms with van der Waals surface area (Å²) in [7, 11) is 0. The van der Waals surface area contributed by atoms with E-state index in [0.29, 0.717) is 0 Å². The normalized spacial score (nSPS) is 19.7. The topological polar surface area (TPSA) is 60.7 Å². The van der Waals surface area contributed by atoms with Crippen molar-refractivity contribution in [3.8, 4) is 0 Å². The third-order valence-corrected chi connectivity index (χ3v) is 4.66. The van der Waals surface area contributed by atoms with Crippen LogP contribution >= 0.6 is 0 Å². The van der Waals surface area contributed by atoms with E-state index in [0.717, 1.165) is 36.8 Å². The summed E-state index contributed by atoms with van der Waals surface area (Å²) in [5, 5.41) is 31.3. The fourth-order valence-corrected chi connectivity index (χ4v) is 3.11. The van der Waals surface area contributed by atoms with Crippen molar-refractivity contribution in [2.75, 3.05) is 0 Å². The Labute approximate surface area is 131 Å². The zero-order chi connectivity index (χ0) is 16.8. The first-order valence-corrected chi connectivity index (χ1v) is 8.39. The molecule has 126 valence electrons. The lowest BCUT2D eigenvalue weighted by molar-refractivity contribution is -0.0706. The van der Waals surface area contributed by atoms with Gasteiger partial charge < -0.3 is 15.3 Å². The van der Waals surface area contributed by atoms with Gasteiger partial charge in [0.1, 0.15) is 0 Å². The molecule has 2 unspecified atom stereocenters. The van der Waals surface area contributed by atoms with Crippen LogP contribution in [0.25, 0.3) is 0 Å². The molecule has 0 spiro atoms. The van der Waals surface area contributed by atoms with E-state index >= 15 is 0 Å². The Morgan fingerprint density at radius 1 is 1.10 bits per heavy atom. The first kappa shape index (κ1) is 20.6. The molecule has 0 bridgehead atoms. The van der Waals surface area contributed by atoms with E-state index in [-0.39, 0.29) is 11.8 Å². The van der Waals surface area contributed by atoms with Gasteiger partial charge in [-0.2, -0.15) is 0 Å². The second-order valence-electron chi connectivity index (χ2n) is 6.88. The van der Waals surface area contributed by atoms with Crippen LogP contribution in [0.15, 0.2) is 11.1 Å². The molecule has 0 radical (unpaired) electrons. The molecule has 3 nitrogen and oxygen atoms in total. The zero-order valence-electron chi connectivity index (χ0n) is 15.0. The lowest BCUT2D eigenvalue weighted by atomic mass is 9.77. The summed E-state index contributed by atoms with van der Waals surface area (Å²) in [6.07, 6.45) is 2.35. The van der Waals surface area contributed by atoms with Crippen molar-refractivity contribution in [3.63, 3.8) is 0 Å². The molecule has 0 fully saturated rings. The highest BCUT2D eigenvalue weighted by Crippen LogP contribution is 2.33. The molecule has 0 aliphatic carbocycles. The molecule has 0 amide bonds. The highest BCUT2D eigenvalue weighted by Gasteiger charge is 2.36. The Hall–Kier alpha value is -0.380. The molecule has 0 saturated heterocycles. The maximum absolute atomic E-state index is 10.8. The summed E-state index contributed by atoms with van der Waals surface area (Å²) in [6, 6.07) is 0. The summed E-state index contributed by atoms with van der Waals surface area (Å²) in [5.74, 6) is -0.0474. The first-order chi connectivity index (χ1) is 9.61. The Morgan fingerprint density at radius 3 is 1.95 bits per heavy atom. The quantitative estimate of drug-likeness (QED) is 0.569. The zero-order valence-corrected chi connectivity index (χ0v) is 15.0. The number of aliphatic hydroxyl groups is 3.